The molecule has 0 spiro atoms. The molecule has 0 atom stereocenters. The number of ether oxygens (including phenoxy) is 1. The smallest absolute Gasteiger partial charge is 0.259 e. The molecule has 0 aliphatic carbocycles. The van der Waals surface area contributed by atoms with E-state index in [-0.39, 0.29) is 11.3 Å². The van der Waals surface area contributed by atoms with Gasteiger partial charge in [-0.15, -0.1) is 0 Å². The second-order valence-electron chi connectivity index (χ2n) is 4.30. The highest BCUT2D eigenvalue weighted by atomic mass is 35.5. The number of aromatic hydroxyl groups is 1. The Hall–Kier alpha value is -2.20. The number of carbonyl (C=O) groups excluding carboxylic acids is 1. The fraction of sp³-hybridized carbons (Fsp3) is 0.133. The number of phenols is 1. The number of amides is 1. The van der Waals surface area contributed by atoms with E-state index in [9.17, 15) is 9.90 Å². The third-order valence-electron chi connectivity index (χ3n) is 2.88. The average Bonchev–Trinajstić information content (AvgIpc) is 2.43. The van der Waals surface area contributed by atoms with Crippen LogP contribution >= 0.6 is 11.6 Å². The Balaban J connectivity index is 2.25. The minimum atomic E-state index is -0.429. The molecule has 0 unspecified atom stereocenters. The zero-order chi connectivity index (χ0) is 14.7. The molecular weight excluding hydrogens is 278 g/mol. The van der Waals surface area contributed by atoms with Crippen molar-refractivity contribution < 1.29 is 14.6 Å². The fourth-order valence-corrected chi connectivity index (χ4v) is 1.87. The van der Waals surface area contributed by atoms with E-state index in [0.717, 1.165) is 5.56 Å². The zero-order valence-corrected chi connectivity index (χ0v) is 11.9. The first-order valence-corrected chi connectivity index (χ1v) is 6.33. The highest BCUT2D eigenvalue weighted by Gasteiger charge is 2.13. The van der Waals surface area contributed by atoms with E-state index < -0.39 is 5.91 Å². The number of methoxy groups -OCH3 is 1. The number of hydrogen-bond acceptors (Lipinski definition) is 3. The van der Waals surface area contributed by atoms with Crippen molar-refractivity contribution >= 4 is 23.2 Å². The predicted octanol–water partition coefficient (Wildman–Crippen LogP) is 3.61. The van der Waals surface area contributed by atoms with Gasteiger partial charge in [0.2, 0.25) is 0 Å². The number of halogens is 1. The van der Waals surface area contributed by atoms with Crippen LogP contribution in [0.2, 0.25) is 5.02 Å². The minimum Gasteiger partial charge on any atom is -0.507 e. The van der Waals surface area contributed by atoms with Gasteiger partial charge < -0.3 is 15.2 Å². The van der Waals surface area contributed by atoms with Crippen LogP contribution in [0.1, 0.15) is 15.9 Å². The van der Waals surface area contributed by atoms with Crippen molar-refractivity contribution in [1.29, 1.82) is 0 Å². The molecule has 2 aromatic rings. The second kappa shape index (κ2) is 5.84. The first kappa shape index (κ1) is 14.2. The molecular formula is C15H14ClNO3. The van der Waals surface area contributed by atoms with Crippen LogP contribution in [0, 0.1) is 6.92 Å². The van der Waals surface area contributed by atoms with Crippen LogP contribution < -0.4 is 10.1 Å². The van der Waals surface area contributed by atoms with Gasteiger partial charge in [0, 0.05) is 10.7 Å². The molecule has 0 saturated heterocycles. The lowest BCUT2D eigenvalue weighted by molar-refractivity contribution is 0.102. The normalized spacial score (nSPS) is 10.2. The Bertz CT molecular complexity index is 656. The van der Waals surface area contributed by atoms with Crippen molar-refractivity contribution in [1.82, 2.24) is 0 Å². The quantitative estimate of drug-likeness (QED) is 0.908. The number of anilines is 1. The van der Waals surface area contributed by atoms with Crippen LogP contribution in [0.5, 0.6) is 11.5 Å². The molecule has 0 radical (unpaired) electrons. The Morgan fingerprint density at radius 2 is 2.00 bits per heavy atom. The molecule has 0 aromatic heterocycles. The Kier molecular flexibility index (Phi) is 4.15. The maximum atomic E-state index is 12.1. The predicted molar refractivity (Wildman–Crippen MR) is 78.8 cm³/mol. The van der Waals surface area contributed by atoms with Gasteiger partial charge in [0.25, 0.3) is 5.91 Å². The van der Waals surface area contributed by atoms with Crippen LogP contribution in [0.3, 0.4) is 0 Å². The summed E-state index contributed by atoms with van der Waals surface area (Å²) in [6.07, 6.45) is 0. The van der Waals surface area contributed by atoms with Crippen molar-refractivity contribution in [3.8, 4) is 11.5 Å². The summed E-state index contributed by atoms with van der Waals surface area (Å²) in [4.78, 5) is 12.1. The summed E-state index contributed by atoms with van der Waals surface area (Å²) in [5.74, 6) is -0.0438. The number of rotatable bonds is 3. The maximum absolute atomic E-state index is 12.1. The molecule has 104 valence electrons. The molecule has 0 aliphatic heterocycles. The van der Waals surface area contributed by atoms with Crippen LogP contribution in [-0.4, -0.2) is 18.1 Å². The summed E-state index contributed by atoms with van der Waals surface area (Å²) in [5.41, 5.74) is 1.63. The highest BCUT2D eigenvalue weighted by Crippen LogP contribution is 2.25. The molecule has 2 N–H and O–H groups in total. The zero-order valence-electron chi connectivity index (χ0n) is 11.1. The topological polar surface area (TPSA) is 58.6 Å². The third kappa shape index (κ3) is 3.03. The van der Waals surface area contributed by atoms with Crippen molar-refractivity contribution in [2.75, 3.05) is 12.4 Å². The number of aryl methyl sites for hydroxylation is 1. The Labute approximate surface area is 122 Å². The summed E-state index contributed by atoms with van der Waals surface area (Å²) < 4.78 is 5.03. The number of hydrogen-bond donors (Lipinski definition) is 2. The van der Waals surface area contributed by atoms with Crippen molar-refractivity contribution in [2.24, 2.45) is 0 Å². The summed E-state index contributed by atoms with van der Waals surface area (Å²) in [7, 11) is 1.49. The monoisotopic (exact) mass is 291 g/mol. The lowest BCUT2D eigenvalue weighted by Gasteiger charge is -2.09. The first-order valence-electron chi connectivity index (χ1n) is 5.96. The largest absolute Gasteiger partial charge is 0.507 e. The van der Waals surface area contributed by atoms with E-state index in [1.54, 1.807) is 18.2 Å². The van der Waals surface area contributed by atoms with E-state index in [2.05, 4.69) is 5.32 Å². The molecule has 5 heteroatoms. The summed E-state index contributed by atoms with van der Waals surface area (Å²) in [5, 5.41) is 13.0. The third-order valence-corrected chi connectivity index (χ3v) is 3.29. The van der Waals surface area contributed by atoms with Crippen molar-refractivity contribution in [3.63, 3.8) is 0 Å². The van der Waals surface area contributed by atoms with Gasteiger partial charge in [-0.05, 0) is 42.8 Å². The van der Waals surface area contributed by atoms with Gasteiger partial charge in [0.05, 0.1) is 12.7 Å². The summed E-state index contributed by atoms with van der Waals surface area (Å²) in [6, 6.07) is 9.68. The SMILES string of the molecule is COc1ccc(O)c(C(=O)Nc2ccc(C)c(Cl)c2)c1. The van der Waals surface area contributed by atoms with Gasteiger partial charge in [-0.25, -0.2) is 0 Å². The summed E-state index contributed by atoms with van der Waals surface area (Å²) in [6.45, 7) is 1.88. The molecule has 0 fully saturated rings. The number of carbonyl (C=O) groups is 1. The maximum Gasteiger partial charge on any atom is 0.259 e. The number of nitrogens with one attached hydrogen (secondary N) is 1. The fourth-order valence-electron chi connectivity index (χ4n) is 1.69. The number of benzene rings is 2. The molecule has 0 heterocycles. The lowest BCUT2D eigenvalue weighted by atomic mass is 10.1. The molecule has 1 amide bonds. The van der Waals surface area contributed by atoms with Gasteiger partial charge in [0.15, 0.2) is 0 Å². The Morgan fingerprint density at radius 3 is 2.65 bits per heavy atom. The first-order chi connectivity index (χ1) is 9.51. The highest BCUT2D eigenvalue weighted by molar-refractivity contribution is 6.31. The van der Waals surface area contributed by atoms with E-state index in [4.69, 9.17) is 16.3 Å². The molecule has 0 aliphatic rings. The van der Waals surface area contributed by atoms with Gasteiger partial charge in [0.1, 0.15) is 11.5 Å². The molecule has 2 aromatic carbocycles. The van der Waals surface area contributed by atoms with Gasteiger partial charge >= 0.3 is 0 Å². The Morgan fingerprint density at radius 1 is 1.25 bits per heavy atom. The van der Waals surface area contributed by atoms with Gasteiger partial charge in [-0.3, -0.25) is 4.79 Å². The van der Waals surface area contributed by atoms with E-state index in [1.165, 1.54) is 19.2 Å². The van der Waals surface area contributed by atoms with Crippen LogP contribution in [-0.2, 0) is 0 Å². The minimum absolute atomic E-state index is 0.110. The van der Waals surface area contributed by atoms with E-state index in [0.29, 0.717) is 16.5 Å². The lowest BCUT2D eigenvalue weighted by Crippen LogP contribution is -2.12. The molecule has 0 saturated carbocycles. The van der Waals surface area contributed by atoms with E-state index >= 15 is 0 Å². The second-order valence-corrected chi connectivity index (χ2v) is 4.71. The van der Waals surface area contributed by atoms with E-state index in [1.807, 2.05) is 13.0 Å². The van der Waals surface area contributed by atoms with Gasteiger partial charge in [-0.2, -0.15) is 0 Å². The van der Waals surface area contributed by atoms with Crippen LogP contribution in [0.25, 0.3) is 0 Å². The molecule has 0 bridgehead atoms. The number of phenolic OH excluding ortho intramolecular Hbond substituents is 1. The van der Waals surface area contributed by atoms with Crippen molar-refractivity contribution in [2.45, 2.75) is 6.92 Å². The van der Waals surface area contributed by atoms with Crippen LogP contribution in [0.4, 0.5) is 5.69 Å². The average molecular weight is 292 g/mol. The van der Waals surface area contributed by atoms with Crippen LogP contribution in [0.15, 0.2) is 36.4 Å². The van der Waals surface area contributed by atoms with Crippen molar-refractivity contribution in [3.05, 3.63) is 52.5 Å². The summed E-state index contributed by atoms with van der Waals surface area (Å²) >= 11 is 6.00. The van der Waals surface area contributed by atoms with Gasteiger partial charge in [-0.1, -0.05) is 17.7 Å². The molecule has 4 nitrogen and oxygen atoms in total. The standard InChI is InChI=1S/C15H14ClNO3/c1-9-3-4-10(7-13(9)16)17-15(19)12-8-11(20-2)5-6-14(12)18/h3-8,18H,1-2H3,(H,17,19). The molecule has 20 heavy (non-hydrogen) atoms. The molecule has 2 rings (SSSR count).